The zero-order chi connectivity index (χ0) is 14.4. The van der Waals surface area contributed by atoms with Crippen molar-refractivity contribution in [2.24, 2.45) is 5.92 Å². The molecule has 0 saturated carbocycles. The molecule has 0 aromatic heterocycles. The molecule has 2 atom stereocenters. The summed E-state index contributed by atoms with van der Waals surface area (Å²) in [6.45, 7) is 4.24. The standard InChI is InChI=1S/C16H24O4/c1-12-7-13-5-4-6-14(8-19-10-17-2)16(13)15(12)9-20-11-18-3/h4-6,12,15H,7-11H2,1-3H3/t12-,15+/m1/s1. The Morgan fingerprint density at radius 1 is 1.10 bits per heavy atom. The van der Waals surface area contributed by atoms with E-state index < -0.39 is 0 Å². The Morgan fingerprint density at radius 3 is 2.60 bits per heavy atom. The van der Waals surface area contributed by atoms with Gasteiger partial charge in [-0.3, -0.25) is 0 Å². The average Bonchev–Trinajstić information content (AvgIpc) is 2.76. The second-order valence-corrected chi connectivity index (χ2v) is 5.31. The maximum atomic E-state index is 5.59. The third-order valence-electron chi connectivity index (χ3n) is 3.84. The Balaban J connectivity index is 2.11. The van der Waals surface area contributed by atoms with Crippen LogP contribution >= 0.6 is 0 Å². The molecule has 0 amide bonds. The van der Waals surface area contributed by atoms with Gasteiger partial charge in [0.05, 0.1) is 13.2 Å². The van der Waals surface area contributed by atoms with Crippen molar-refractivity contribution < 1.29 is 18.9 Å². The topological polar surface area (TPSA) is 36.9 Å². The van der Waals surface area contributed by atoms with Gasteiger partial charge in [0.2, 0.25) is 0 Å². The van der Waals surface area contributed by atoms with Gasteiger partial charge in [0.1, 0.15) is 13.6 Å². The number of ether oxygens (including phenoxy) is 4. The van der Waals surface area contributed by atoms with Crippen LogP contribution in [0.1, 0.15) is 29.5 Å². The number of hydrogen-bond acceptors (Lipinski definition) is 4. The van der Waals surface area contributed by atoms with Gasteiger partial charge in [-0.2, -0.15) is 0 Å². The van der Waals surface area contributed by atoms with E-state index in [0.29, 0.717) is 38.6 Å². The van der Waals surface area contributed by atoms with Gasteiger partial charge in [0.25, 0.3) is 0 Å². The highest BCUT2D eigenvalue weighted by Crippen LogP contribution is 2.40. The van der Waals surface area contributed by atoms with Gasteiger partial charge in [-0.1, -0.05) is 25.1 Å². The van der Waals surface area contributed by atoms with Crippen LogP contribution in [-0.4, -0.2) is 34.4 Å². The molecule has 2 rings (SSSR count). The average molecular weight is 280 g/mol. The van der Waals surface area contributed by atoms with Crippen molar-refractivity contribution in [2.45, 2.75) is 25.9 Å². The normalized spacial score (nSPS) is 21.1. The van der Waals surface area contributed by atoms with Crippen molar-refractivity contribution in [3.8, 4) is 0 Å². The molecule has 0 aliphatic heterocycles. The number of rotatable bonds is 8. The van der Waals surface area contributed by atoms with Crippen LogP contribution in [0.3, 0.4) is 0 Å². The smallest absolute Gasteiger partial charge is 0.146 e. The van der Waals surface area contributed by atoms with Crippen LogP contribution in [0.25, 0.3) is 0 Å². The second kappa shape index (κ2) is 7.74. The van der Waals surface area contributed by atoms with Gasteiger partial charge in [0.15, 0.2) is 0 Å². The maximum absolute atomic E-state index is 5.59. The molecular weight excluding hydrogens is 256 g/mol. The number of hydrogen-bond donors (Lipinski definition) is 0. The Labute approximate surface area is 121 Å². The third-order valence-corrected chi connectivity index (χ3v) is 3.84. The van der Waals surface area contributed by atoms with Gasteiger partial charge < -0.3 is 18.9 Å². The van der Waals surface area contributed by atoms with Crippen molar-refractivity contribution in [2.75, 3.05) is 34.4 Å². The van der Waals surface area contributed by atoms with Crippen molar-refractivity contribution in [1.29, 1.82) is 0 Å². The summed E-state index contributed by atoms with van der Waals surface area (Å²) in [5.41, 5.74) is 4.06. The SMILES string of the molecule is COCOCc1cccc2c1[C@@H](COCOC)[C@H](C)C2. The summed E-state index contributed by atoms with van der Waals surface area (Å²) >= 11 is 0. The lowest BCUT2D eigenvalue weighted by Crippen LogP contribution is -2.14. The van der Waals surface area contributed by atoms with E-state index in [1.54, 1.807) is 14.2 Å². The molecule has 0 bridgehead atoms. The van der Waals surface area contributed by atoms with Gasteiger partial charge >= 0.3 is 0 Å². The molecular formula is C16H24O4. The second-order valence-electron chi connectivity index (χ2n) is 5.31. The molecule has 0 heterocycles. The first-order valence-electron chi connectivity index (χ1n) is 7.02. The summed E-state index contributed by atoms with van der Waals surface area (Å²) in [6, 6.07) is 6.45. The number of fused-ring (bicyclic) bond motifs is 1. The van der Waals surface area contributed by atoms with E-state index in [-0.39, 0.29) is 0 Å². The van der Waals surface area contributed by atoms with E-state index in [2.05, 4.69) is 25.1 Å². The molecule has 0 N–H and O–H groups in total. The van der Waals surface area contributed by atoms with Crippen LogP contribution in [0.15, 0.2) is 18.2 Å². The largest absolute Gasteiger partial charge is 0.359 e. The predicted octanol–water partition coefficient (Wildman–Crippen LogP) is 2.70. The first-order valence-corrected chi connectivity index (χ1v) is 7.02. The maximum Gasteiger partial charge on any atom is 0.146 e. The quantitative estimate of drug-likeness (QED) is 0.542. The van der Waals surface area contributed by atoms with E-state index in [1.807, 2.05) is 0 Å². The van der Waals surface area contributed by atoms with Crippen LogP contribution in [0.5, 0.6) is 0 Å². The van der Waals surface area contributed by atoms with Gasteiger partial charge in [0, 0.05) is 20.1 Å². The van der Waals surface area contributed by atoms with Crippen LogP contribution in [0, 0.1) is 5.92 Å². The molecule has 1 aliphatic rings. The molecule has 0 saturated heterocycles. The molecule has 4 nitrogen and oxygen atoms in total. The van der Waals surface area contributed by atoms with Gasteiger partial charge in [-0.15, -0.1) is 0 Å². The van der Waals surface area contributed by atoms with E-state index in [4.69, 9.17) is 18.9 Å². The van der Waals surface area contributed by atoms with Crippen LogP contribution in [0.2, 0.25) is 0 Å². The van der Waals surface area contributed by atoms with E-state index in [9.17, 15) is 0 Å². The molecule has 0 unspecified atom stereocenters. The lowest BCUT2D eigenvalue weighted by Gasteiger charge is -2.19. The molecule has 0 radical (unpaired) electrons. The number of benzene rings is 1. The Morgan fingerprint density at radius 2 is 1.85 bits per heavy atom. The molecule has 1 aromatic rings. The highest BCUT2D eigenvalue weighted by molar-refractivity contribution is 5.42. The third kappa shape index (κ3) is 3.58. The molecule has 0 spiro atoms. The van der Waals surface area contributed by atoms with Gasteiger partial charge in [-0.25, -0.2) is 0 Å². The minimum Gasteiger partial charge on any atom is -0.359 e. The monoisotopic (exact) mass is 280 g/mol. The minimum absolute atomic E-state index is 0.323. The fourth-order valence-corrected chi connectivity index (χ4v) is 2.96. The molecule has 0 fully saturated rings. The fraction of sp³-hybridized carbons (Fsp3) is 0.625. The lowest BCUT2D eigenvalue weighted by molar-refractivity contribution is -0.0421. The zero-order valence-electron chi connectivity index (χ0n) is 12.6. The first kappa shape index (κ1) is 15.4. The summed E-state index contributed by atoms with van der Waals surface area (Å²) in [6.07, 6.45) is 1.11. The highest BCUT2D eigenvalue weighted by atomic mass is 16.7. The van der Waals surface area contributed by atoms with E-state index in [1.165, 1.54) is 16.7 Å². The van der Waals surface area contributed by atoms with Crippen LogP contribution < -0.4 is 0 Å². The molecule has 112 valence electrons. The van der Waals surface area contributed by atoms with E-state index in [0.717, 1.165) is 6.42 Å². The Bertz CT molecular complexity index is 419. The molecule has 20 heavy (non-hydrogen) atoms. The first-order chi connectivity index (χ1) is 9.77. The summed E-state index contributed by atoms with van der Waals surface area (Å²) in [5, 5.41) is 0. The fourth-order valence-electron chi connectivity index (χ4n) is 2.96. The van der Waals surface area contributed by atoms with Gasteiger partial charge in [-0.05, 0) is 29.0 Å². The summed E-state index contributed by atoms with van der Waals surface area (Å²) < 4.78 is 21.0. The van der Waals surface area contributed by atoms with Crippen molar-refractivity contribution in [1.82, 2.24) is 0 Å². The number of methoxy groups -OCH3 is 2. The van der Waals surface area contributed by atoms with E-state index >= 15 is 0 Å². The summed E-state index contributed by atoms with van der Waals surface area (Å²) in [7, 11) is 3.29. The molecule has 1 aromatic carbocycles. The van der Waals surface area contributed by atoms with Crippen molar-refractivity contribution in [3.05, 3.63) is 34.9 Å². The highest BCUT2D eigenvalue weighted by Gasteiger charge is 2.31. The summed E-state index contributed by atoms with van der Waals surface area (Å²) in [4.78, 5) is 0. The zero-order valence-corrected chi connectivity index (χ0v) is 12.6. The molecule has 1 aliphatic carbocycles. The lowest BCUT2D eigenvalue weighted by atomic mass is 9.92. The summed E-state index contributed by atoms with van der Waals surface area (Å²) in [5.74, 6) is 1.01. The molecule has 4 heteroatoms. The van der Waals surface area contributed by atoms with Crippen molar-refractivity contribution in [3.63, 3.8) is 0 Å². The van der Waals surface area contributed by atoms with Crippen molar-refractivity contribution >= 4 is 0 Å². The van der Waals surface area contributed by atoms with Crippen LogP contribution in [-0.2, 0) is 32.0 Å². The predicted molar refractivity (Wildman–Crippen MR) is 76.5 cm³/mol. The Kier molecular flexibility index (Phi) is 5.98. The van der Waals surface area contributed by atoms with Crippen LogP contribution in [0.4, 0.5) is 0 Å². The minimum atomic E-state index is 0.323. The Hall–Kier alpha value is -0.940.